The first-order valence-corrected chi connectivity index (χ1v) is 10.3. The number of amides is 1. The summed E-state index contributed by atoms with van der Waals surface area (Å²) >= 11 is 0. The molecule has 1 N–H and O–H groups in total. The summed E-state index contributed by atoms with van der Waals surface area (Å²) in [7, 11) is 0. The Morgan fingerprint density at radius 1 is 0.938 bits per heavy atom. The number of hydrogen-bond acceptors (Lipinski definition) is 3. The van der Waals surface area contributed by atoms with Gasteiger partial charge in [0.05, 0.1) is 11.3 Å². The van der Waals surface area contributed by atoms with E-state index in [0.717, 1.165) is 11.1 Å². The molecule has 0 saturated heterocycles. The number of carbonyl (C=O) groups is 2. The Kier molecular flexibility index (Phi) is 4.55. The quantitative estimate of drug-likeness (QED) is 0.438. The van der Waals surface area contributed by atoms with Crippen LogP contribution >= 0.6 is 0 Å². The lowest BCUT2D eigenvalue weighted by Crippen LogP contribution is -2.21. The summed E-state index contributed by atoms with van der Waals surface area (Å²) in [5.41, 5.74) is 3.78. The highest BCUT2D eigenvalue weighted by molar-refractivity contribution is 6.32. The minimum absolute atomic E-state index is 0.0395. The Bertz CT molecular complexity index is 1320. The van der Waals surface area contributed by atoms with Gasteiger partial charge < -0.3 is 10.1 Å². The van der Waals surface area contributed by atoms with Crippen LogP contribution in [0.3, 0.4) is 0 Å². The van der Waals surface area contributed by atoms with E-state index in [1.165, 1.54) is 12.1 Å². The lowest BCUT2D eigenvalue weighted by molar-refractivity contribution is -0.111. The highest BCUT2D eigenvalue weighted by Crippen LogP contribution is 2.44. The van der Waals surface area contributed by atoms with Crippen molar-refractivity contribution in [1.82, 2.24) is 0 Å². The van der Waals surface area contributed by atoms with Crippen molar-refractivity contribution in [3.8, 4) is 0 Å². The molecule has 2 heterocycles. The Balaban J connectivity index is 1.52. The van der Waals surface area contributed by atoms with Gasteiger partial charge in [-0.15, -0.1) is 0 Å². The van der Waals surface area contributed by atoms with Gasteiger partial charge in [-0.05, 0) is 43.7 Å². The van der Waals surface area contributed by atoms with Gasteiger partial charge in [0.25, 0.3) is 5.91 Å². The molecule has 158 valence electrons. The largest absolute Gasteiger partial charge is 0.482 e. The standard InChI is InChI=1S/C27H20FNO3/c1-27(2)21(16-8-10-18(11-9-16)25(30)17-6-4-3-5-7-17)15-23(32-27)24-20-13-12-19(28)14-22(20)29-26(24)31/h3-15H,1-2H3,(H,29,31)/b24-23+. The van der Waals surface area contributed by atoms with E-state index in [4.69, 9.17) is 4.74 Å². The summed E-state index contributed by atoms with van der Waals surface area (Å²) in [5, 5.41) is 2.70. The second kappa shape index (κ2) is 7.31. The number of nitrogens with one attached hydrogen (secondary N) is 1. The molecule has 32 heavy (non-hydrogen) atoms. The number of carbonyl (C=O) groups excluding carboxylic acids is 2. The van der Waals surface area contributed by atoms with E-state index in [0.29, 0.717) is 33.7 Å². The van der Waals surface area contributed by atoms with Gasteiger partial charge in [0, 0.05) is 22.3 Å². The van der Waals surface area contributed by atoms with Crippen LogP contribution in [0, 0.1) is 5.82 Å². The predicted molar refractivity (Wildman–Crippen MR) is 121 cm³/mol. The summed E-state index contributed by atoms with van der Waals surface area (Å²) < 4.78 is 19.7. The van der Waals surface area contributed by atoms with Crippen LogP contribution in [0.1, 0.15) is 40.9 Å². The van der Waals surface area contributed by atoms with E-state index in [2.05, 4.69) is 5.32 Å². The van der Waals surface area contributed by atoms with Crippen LogP contribution in [-0.2, 0) is 9.53 Å². The molecule has 0 radical (unpaired) electrons. The van der Waals surface area contributed by atoms with E-state index in [1.807, 2.05) is 50.3 Å². The monoisotopic (exact) mass is 425 g/mol. The summed E-state index contributed by atoms with van der Waals surface area (Å²) in [6.45, 7) is 3.85. The molecule has 5 rings (SSSR count). The molecule has 2 aliphatic rings. The number of ether oxygens (including phenoxy) is 1. The zero-order chi connectivity index (χ0) is 22.5. The number of hydrogen-bond donors (Lipinski definition) is 1. The zero-order valence-electron chi connectivity index (χ0n) is 17.6. The first kappa shape index (κ1) is 19.9. The first-order chi connectivity index (χ1) is 15.3. The third kappa shape index (κ3) is 3.32. The highest BCUT2D eigenvalue weighted by Gasteiger charge is 2.38. The summed E-state index contributed by atoms with van der Waals surface area (Å²) in [6, 6.07) is 20.7. The normalized spacial score (nSPS) is 18.6. The van der Waals surface area contributed by atoms with Crippen LogP contribution in [0.4, 0.5) is 10.1 Å². The van der Waals surface area contributed by atoms with E-state index >= 15 is 0 Å². The van der Waals surface area contributed by atoms with Crippen molar-refractivity contribution in [2.45, 2.75) is 19.4 Å². The van der Waals surface area contributed by atoms with Crippen molar-refractivity contribution in [2.24, 2.45) is 0 Å². The Morgan fingerprint density at radius 2 is 1.62 bits per heavy atom. The van der Waals surface area contributed by atoms with Crippen LogP contribution in [-0.4, -0.2) is 17.3 Å². The fourth-order valence-corrected chi connectivity index (χ4v) is 4.17. The van der Waals surface area contributed by atoms with E-state index in [9.17, 15) is 14.0 Å². The summed E-state index contributed by atoms with van der Waals surface area (Å²) in [6.07, 6.45) is 1.85. The van der Waals surface area contributed by atoms with Crippen LogP contribution in [0.2, 0.25) is 0 Å². The second-order valence-corrected chi connectivity index (χ2v) is 8.33. The van der Waals surface area contributed by atoms with Crippen LogP contribution in [0.5, 0.6) is 0 Å². The van der Waals surface area contributed by atoms with Gasteiger partial charge >= 0.3 is 0 Å². The second-order valence-electron chi connectivity index (χ2n) is 8.33. The maximum Gasteiger partial charge on any atom is 0.260 e. The molecule has 0 unspecified atom stereocenters. The number of anilines is 1. The number of halogens is 1. The van der Waals surface area contributed by atoms with Crippen molar-refractivity contribution in [3.05, 3.63) is 113 Å². The molecule has 5 heteroatoms. The number of fused-ring (bicyclic) bond motifs is 1. The topological polar surface area (TPSA) is 55.4 Å². The van der Waals surface area contributed by atoms with Gasteiger partial charge in [0.15, 0.2) is 5.78 Å². The van der Waals surface area contributed by atoms with Crippen LogP contribution < -0.4 is 5.32 Å². The molecule has 1 amide bonds. The molecule has 3 aromatic rings. The minimum Gasteiger partial charge on any atom is -0.482 e. The molecule has 0 aliphatic carbocycles. The minimum atomic E-state index is -0.684. The molecule has 4 nitrogen and oxygen atoms in total. The van der Waals surface area contributed by atoms with Crippen molar-refractivity contribution in [3.63, 3.8) is 0 Å². The Labute approximate surface area is 185 Å². The van der Waals surface area contributed by atoms with Gasteiger partial charge in [-0.3, -0.25) is 9.59 Å². The van der Waals surface area contributed by atoms with E-state index < -0.39 is 11.4 Å². The fraction of sp³-hybridized carbons (Fsp3) is 0.111. The molecular formula is C27H20FNO3. The zero-order valence-corrected chi connectivity index (χ0v) is 17.6. The molecule has 2 aliphatic heterocycles. The third-order valence-electron chi connectivity index (χ3n) is 5.76. The molecule has 3 aromatic carbocycles. The lowest BCUT2D eigenvalue weighted by atomic mass is 9.91. The summed E-state index contributed by atoms with van der Waals surface area (Å²) in [5.74, 6) is -0.332. The van der Waals surface area contributed by atoms with Crippen molar-refractivity contribution in [2.75, 3.05) is 5.32 Å². The third-order valence-corrected chi connectivity index (χ3v) is 5.76. The van der Waals surface area contributed by atoms with Crippen LogP contribution in [0.25, 0.3) is 11.1 Å². The molecular weight excluding hydrogens is 405 g/mol. The number of benzene rings is 3. The maximum atomic E-state index is 13.6. The van der Waals surface area contributed by atoms with Crippen molar-refractivity contribution < 1.29 is 18.7 Å². The number of allylic oxidation sites excluding steroid dienone is 1. The van der Waals surface area contributed by atoms with E-state index in [1.54, 1.807) is 30.3 Å². The van der Waals surface area contributed by atoms with Crippen molar-refractivity contribution in [1.29, 1.82) is 0 Å². The maximum absolute atomic E-state index is 13.6. The average Bonchev–Trinajstić information content (AvgIpc) is 3.28. The molecule has 0 saturated carbocycles. The summed E-state index contributed by atoms with van der Waals surface area (Å²) in [4.78, 5) is 25.3. The molecule has 0 fully saturated rings. The van der Waals surface area contributed by atoms with E-state index in [-0.39, 0.29) is 11.7 Å². The SMILES string of the molecule is CC1(C)O/C(=C2/C(=O)Nc3cc(F)ccc32)C=C1c1ccc(C(=O)c2ccccc2)cc1. The lowest BCUT2D eigenvalue weighted by Gasteiger charge is -2.23. The predicted octanol–water partition coefficient (Wildman–Crippen LogP) is 5.61. The van der Waals surface area contributed by atoms with Gasteiger partial charge in [-0.25, -0.2) is 4.39 Å². The molecule has 0 aromatic heterocycles. The van der Waals surface area contributed by atoms with Gasteiger partial charge in [-0.2, -0.15) is 0 Å². The number of ketones is 1. The van der Waals surface area contributed by atoms with Gasteiger partial charge in [-0.1, -0.05) is 54.6 Å². The Morgan fingerprint density at radius 3 is 2.34 bits per heavy atom. The van der Waals surface area contributed by atoms with Crippen molar-refractivity contribution >= 4 is 28.5 Å². The Hall–Kier alpha value is -3.99. The molecule has 0 spiro atoms. The van der Waals surface area contributed by atoms with Crippen LogP contribution in [0.15, 0.2) is 84.6 Å². The number of rotatable bonds is 3. The molecule has 0 atom stereocenters. The smallest absolute Gasteiger partial charge is 0.260 e. The van der Waals surface area contributed by atoms with Gasteiger partial charge in [0.1, 0.15) is 17.2 Å². The fourth-order valence-electron chi connectivity index (χ4n) is 4.17. The average molecular weight is 425 g/mol. The highest BCUT2D eigenvalue weighted by atomic mass is 19.1. The molecule has 0 bridgehead atoms. The first-order valence-electron chi connectivity index (χ1n) is 10.3. The van der Waals surface area contributed by atoms with Gasteiger partial charge in [0.2, 0.25) is 0 Å².